The van der Waals surface area contributed by atoms with Gasteiger partial charge in [0, 0.05) is 17.3 Å². The van der Waals surface area contributed by atoms with Crippen molar-refractivity contribution in [2.24, 2.45) is 0 Å². The maximum atomic E-state index is 13.6. The van der Waals surface area contributed by atoms with E-state index in [0.717, 1.165) is 12.4 Å². The summed E-state index contributed by atoms with van der Waals surface area (Å²) in [6, 6.07) is 3.45. The molecule has 1 heterocycles. The largest absolute Gasteiger partial charge is 0.399 e. The molecule has 1 aromatic carbocycles. The molecule has 0 amide bonds. The minimum atomic E-state index is -4.02. The van der Waals surface area contributed by atoms with Crippen LogP contribution in [-0.4, -0.2) is 18.4 Å². The smallest absolute Gasteiger partial charge is 0.263 e. The molecular formula is C11H10ClFN4O2S. The first-order chi connectivity index (χ1) is 9.29. The van der Waals surface area contributed by atoms with Gasteiger partial charge in [-0.3, -0.25) is 4.72 Å². The molecule has 0 saturated heterocycles. The summed E-state index contributed by atoms with van der Waals surface area (Å²) in [7, 11) is -4.02. The van der Waals surface area contributed by atoms with Crippen molar-refractivity contribution in [3.8, 4) is 0 Å². The predicted molar refractivity (Wildman–Crippen MR) is 73.4 cm³/mol. The Balaban J connectivity index is 2.46. The van der Waals surface area contributed by atoms with Crippen molar-refractivity contribution >= 4 is 33.1 Å². The lowest BCUT2D eigenvalue weighted by atomic mass is 10.2. The zero-order valence-electron chi connectivity index (χ0n) is 10.3. The van der Waals surface area contributed by atoms with Crippen molar-refractivity contribution in [2.45, 2.75) is 11.8 Å². The molecule has 6 nitrogen and oxygen atoms in total. The molecule has 0 saturated carbocycles. The normalized spacial score (nSPS) is 11.3. The monoisotopic (exact) mass is 316 g/mol. The first-order valence-electron chi connectivity index (χ1n) is 5.35. The van der Waals surface area contributed by atoms with Crippen LogP contribution in [0.3, 0.4) is 0 Å². The summed E-state index contributed by atoms with van der Waals surface area (Å²) >= 11 is 5.64. The Morgan fingerprint density at radius 2 is 2.00 bits per heavy atom. The number of benzene rings is 1. The number of nitrogens with two attached hydrogens (primary N) is 1. The van der Waals surface area contributed by atoms with Gasteiger partial charge in [-0.1, -0.05) is 11.6 Å². The van der Waals surface area contributed by atoms with E-state index in [4.69, 9.17) is 17.3 Å². The van der Waals surface area contributed by atoms with Gasteiger partial charge in [-0.05, 0) is 19.1 Å². The molecule has 0 aliphatic rings. The summed E-state index contributed by atoms with van der Waals surface area (Å²) < 4.78 is 40.1. The number of sulfonamides is 1. The number of hydrogen-bond donors (Lipinski definition) is 2. The van der Waals surface area contributed by atoms with E-state index in [1.165, 1.54) is 19.1 Å². The second-order valence-corrected chi connectivity index (χ2v) is 6.00. The fourth-order valence-electron chi connectivity index (χ4n) is 1.53. The minimum absolute atomic E-state index is 0.00851. The van der Waals surface area contributed by atoms with Gasteiger partial charge in [0.15, 0.2) is 0 Å². The van der Waals surface area contributed by atoms with Gasteiger partial charge in [0.05, 0.1) is 4.90 Å². The summed E-state index contributed by atoms with van der Waals surface area (Å²) in [6.45, 7) is 1.34. The highest BCUT2D eigenvalue weighted by atomic mass is 35.5. The van der Waals surface area contributed by atoms with Crippen LogP contribution < -0.4 is 10.5 Å². The lowest BCUT2D eigenvalue weighted by molar-refractivity contribution is 0.591. The molecule has 0 atom stereocenters. The molecule has 1 aromatic heterocycles. The number of nitrogens with one attached hydrogen (secondary N) is 1. The summed E-state index contributed by atoms with van der Waals surface area (Å²) in [5, 5.41) is 0.0770. The Bertz CT molecular complexity index is 767. The van der Waals surface area contributed by atoms with E-state index < -0.39 is 15.8 Å². The molecule has 3 N–H and O–H groups in total. The molecule has 0 aliphatic carbocycles. The van der Waals surface area contributed by atoms with Gasteiger partial charge < -0.3 is 5.73 Å². The molecule has 0 aliphatic heterocycles. The number of rotatable bonds is 3. The topological polar surface area (TPSA) is 98.0 Å². The number of nitrogens with zero attached hydrogens (tertiary/aromatic N) is 2. The minimum Gasteiger partial charge on any atom is -0.399 e. The van der Waals surface area contributed by atoms with Gasteiger partial charge in [0.1, 0.15) is 23.1 Å². The van der Waals surface area contributed by atoms with E-state index in [2.05, 4.69) is 14.7 Å². The number of anilines is 2. The summed E-state index contributed by atoms with van der Waals surface area (Å²) in [5.41, 5.74) is 5.44. The first kappa shape index (κ1) is 14.5. The highest BCUT2D eigenvalue weighted by Gasteiger charge is 2.20. The van der Waals surface area contributed by atoms with Crippen molar-refractivity contribution in [3.05, 3.63) is 41.1 Å². The van der Waals surface area contributed by atoms with Crippen LogP contribution in [-0.2, 0) is 10.0 Å². The Morgan fingerprint density at radius 3 is 2.65 bits per heavy atom. The van der Waals surface area contributed by atoms with Crippen LogP contribution in [0.1, 0.15) is 5.56 Å². The van der Waals surface area contributed by atoms with E-state index in [9.17, 15) is 12.8 Å². The molecule has 0 unspecified atom stereocenters. The molecule has 0 radical (unpaired) electrons. The molecule has 9 heteroatoms. The zero-order chi connectivity index (χ0) is 14.9. The molecule has 20 heavy (non-hydrogen) atoms. The Morgan fingerprint density at radius 1 is 1.30 bits per heavy atom. The fraction of sp³-hybridized carbons (Fsp3) is 0.0909. The second kappa shape index (κ2) is 5.22. The highest BCUT2D eigenvalue weighted by molar-refractivity contribution is 7.92. The maximum Gasteiger partial charge on any atom is 0.263 e. The van der Waals surface area contributed by atoms with Crippen LogP contribution in [0.25, 0.3) is 0 Å². The van der Waals surface area contributed by atoms with E-state index in [-0.39, 0.29) is 27.1 Å². The number of halogens is 2. The first-order valence-corrected chi connectivity index (χ1v) is 7.22. The highest BCUT2D eigenvalue weighted by Crippen LogP contribution is 2.24. The molecule has 0 fully saturated rings. The predicted octanol–water partition coefficient (Wildman–Crippen LogP) is 1.96. The average Bonchev–Trinajstić information content (AvgIpc) is 2.33. The number of hydrogen-bond acceptors (Lipinski definition) is 5. The van der Waals surface area contributed by atoms with Crippen molar-refractivity contribution in [1.82, 2.24) is 9.97 Å². The number of aromatic nitrogens is 2. The van der Waals surface area contributed by atoms with Gasteiger partial charge in [-0.15, -0.1) is 0 Å². The SMILES string of the molecule is Cc1c(F)cc(N)cc1S(=O)(=O)Nc1cc(Cl)ncn1. The van der Waals surface area contributed by atoms with Gasteiger partial charge in [-0.2, -0.15) is 0 Å². The molecule has 2 aromatic rings. The molecule has 106 valence electrons. The fourth-order valence-corrected chi connectivity index (χ4v) is 2.97. The van der Waals surface area contributed by atoms with Gasteiger partial charge in [0.2, 0.25) is 0 Å². The van der Waals surface area contributed by atoms with Gasteiger partial charge in [0.25, 0.3) is 10.0 Å². The second-order valence-electron chi connectivity index (χ2n) is 3.96. The summed E-state index contributed by atoms with van der Waals surface area (Å²) in [5.74, 6) is -0.724. The van der Waals surface area contributed by atoms with Crippen molar-refractivity contribution in [2.75, 3.05) is 10.5 Å². The Kier molecular flexibility index (Phi) is 3.78. The van der Waals surface area contributed by atoms with Crippen LogP contribution in [0.5, 0.6) is 0 Å². The number of nitrogen functional groups attached to an aromatic ring is 1. The third-order valence-corrected chi connectivity index (χ3v) is 4.17. The molecular weight excluding hydrogens is 307 g/mol. The molecule has 2 rings (SSSR count). The van der Waals surface area contributed by atoms with E-state index in [1.807, 2.05) is 0 Å². The Hall–Kier alpha value is -1.93. The van der Waals surface area contributed by atoms with E-state index in [0.29, 0.717) is 0 Å². The standard InChI is InChI=1S/C11H10ClFN4O2S/c1-6-8(13)2-7(14)3-9(6)20(18,19)17-11-4-10(12)15-5-16-11/h2-5H,14H2,1H3,(H,15,16,17). The van der Waals surface area contributed by atoms with E-state index in [1.54, 1.807) is 0 Å². The van der Waals surface area contributed by atoms with Crippen molar-refractivity contribution in [1.29, 1.82) is 0 Å². The third-order valence-electron chi connectivity index (χ3n) is 2.48. The lowest BCUT2D eigenvalue weighted by Gasteiger charge is -2.11. The van der Waals surface area contributed by atoms with Crippen LogP contribution in [0, 0.1) is 12.7 Å². The van der Waals surface area contributed by atoms with E-state index >= 15 is 0 Å². The summed E-state index contributed by atoms with van der Waals surface area (Å²) in [4.78, 5) is 7.08. The van der Waals surface area contributed by atoms with Crippen LogP contribution >= 0.6 is 11.6 Å². The van der Waals surface area contributed by atoms with Crippen LogP contribution in [0.15, 0.2) is 29.4 Å². The third kappa shape index (κ3) is 2.97. The lowest BCUT2D eigenvalue weighted by Crippen LogP contribution is -2.16. The van der Waals surface area contributed by atoms with Crippen LogP contribution in [0.2, 0.25) is 5.15 Å². The zero-order valence-corrected chi connectivity index (χ0v) is 11.8. The van der Waals surface area contributed by atoms with Crippen molar-refractivity contribution in [3.63, 3.8) is 0 Å². The quantitative estimate of drug-likeness (QED) is 0.666. The average molecular weight is 317 g/mol. The molecule has 0 spiro atoms. The van der Waals surface area contributed by atoms with Crippen molar-refractivity contribution < 1.29 is 12.8 Å². The molecule has 0 bridgehead atoms. The van der Waals surface area contributed by atoms with Crippen LogP contribution in [0.4, 0.5) is 15.9 Å². The summed E-state index contributed by atoms with van der Waals surface area (Å²) in [6.07, 6.45) is 1.10. The van der Waals surface area contributed by atoms with Gasteiger partial charge in [-0.25, -0.2) is 22.8 Å². The Labute approximate surface area is 119 Å². The van der Waals surface area contributed by atoms with Gasteiger partial charge >= 0.3 is 0 Å². The maximum absolute atomic E-state index is 13.6.